The van der Waals surface area contributed by atoms with Gasteiger partial charge in [0.2, 0.25) is 0 Å². The van der Waals surface area contributed by atoms with Gasteiger partial charge in [-0.15, -0.1) is 0 Å². The van der Waals surface area contributed by atoms with E-state index in [9.17, 15) is 15.2 Å². The van der Waals surface area contributed by atoms with Gasteiger partial charge in [0.05, 0.1) is 18.1 Å². The van der Waals surface area contributed by atoms with Crippen molar-refractivity contribution in [3.05, 3.63) is 27.8 Å². The number of rotatable bonds is 5. The van der Waals surface area contributed by atoms with Gasteiger partial charge in [-0.25, -0.2) is 0 Å². The summed E-state index contributed by atoms with van der Waals surface area (Å²) in [6, 6.07) is 2.02. The monoisotopic (exact) mass is 254 g/mol. The number of ether oxygens (including phenoxy) is 1. The van der Waals surface area contributed by atoms with Gasteiger partial charge >= 0.3 is 0 Å². The third kappa shape index (κ3) is 3.10. The van der Waals surface area contributed by atoms with E-state index in [-0.39, 0.29) is 17.2 Å². The number of nitro benzene ring substituents is 1. The first kappa shape index (κ1) is 14.2. The molecular formula is C12H18N2O4. The highest BCUT2D eigenvalue weighted by atomic mass is 16.6. The zero-order valence-corrected chi connectivity index (χ0v) is 10.7. The number of hydrogen-bond donors (Lipinski definition) is 2. The SMILES string of the molecule is COc1cc([N+](=O)[O-])cc([C@H](N)CC(C)C)c1O. The molecule has 0 heterocycles. The van der Waals surface area contributed by atoms with Crippen molar-refractivity contribution in [2.75, 3.05) is 7.11 Å². The zero-order chi connectivity index (χ0) is 13.9. The molecule has 0 radical (unpaired) electrons. The predicted octanol–water partition coefficient (Wildman–Crippen LogP) is 2.35. The van der Waals surface area contributed by atoms with E-state index in [1.807, 2.05) is 13.8 Å². The molecular weight excluding hydrogens is 236 g/mol. The summed E-state index contributed by atoms with van der Waals surface area (Å²) in [6.45, 7) is 3.98. The van der Waals surface area contributed by atoms with Crippen molar-refractivity contribution in [1.82, 2.24) is 0 Å². The smallest absolute Gasteiger partial charge is 0.273 e. The summed E-state index contributed by atoms with van der Waals surface area (Å²) in [7, 11) is 1.34. The van der Waals surface area contributed by atoms with Crippen LogP contribution in [0.15, 0.2) is 12.1 Å². The molecule has 1 rings (SSSR count). The molecule has 1 aromatic carbocycles. The molecule has 0 aliphatic heterocycles. The Labute approximate surface area is 106 Å². The number of non-ortho nitro benzene ring substituents is 1. The first-order valence-corrected chi connectivity index (χ1v) is 5.67. The highest BCUT2D eigenvalue weighted by Crippen LogP contribution is 2.38. The maximum Gasteiger partial charge on any atom is 0.273 e. The fourth-order valence-electron chi connectivity index (χ4n) is 1.79. The standard InChI is InChI=1S/C12H18N2O4/c1-7(2)4-10(13)9-5-8(14(16)17)6-11(18-3)12(9)15/h5-7,10,15H,4,13H2,1-3H3/t10-/m1/s1. The third-order valence-corrected chi connectivity index (χ3v) is 2.64. The number of methoxy groups -OCH3 is 1. The molecule has 0 unspecified atom stereocenters. The van der Waals surface area contributed by atoms with Crippen LogP contribution in [0, 0.1) is 16.0 Å². The molecule has 1 atom stereocenters. The van der Waals surface area contributed by atoms with Crippen molar-refractivity contribution >= 4 is 5.69 Å². The minimum Gasteiger partial charge on any atom is -0.504 e. The Kier molecular flexibility index (Phi) is 4.49. The van der Waals surface area contributed by atoms with Gasteiger partial charge < -0.3 is 15.6 Å². The lowest BCUT2D eigenvalue weighted by molar-refractivity contribution is -0.385. The highest BCUT2D eigenvalue weighted by molar-refractivity contribution is 5.54. The van der Waals surface area contributed by atoms with Crippen LogP contribution in [0.2, 0.25) is 0 Å². The molecule has 0 aromatic heterocycles. The Bertz CT molecular complexity index is 446. The van der Waals surface area contributed by atoms with Crippen molar-refractivity contribution < 1.29 is 14.8 Å². The third-order valence-electron chi connectivity index (χ3n) is 2.64. The minimum absolute atomic E-state index is 0.0680. The number of phenols is 1. The van der Waals surface area contributed by atoms with Gasteiger partial charge in [-0.05, 0) is 12.3 Å². The molecule has 0 saturated heterocycles. The number of hydrogen-bond acceptors (Lipinski definition) is 5. The average molecular weight is 254 g/mol. The Morgan fingerprint density at radius 2 is 2.11 bits per heavy atom. The maximum atomic E-state index is 10.8. The van der Waals surface area contributed by atoms with Crippen molar-refractivity contribution in [2.45, 2.75) is 26.3 Å². The summed E-state index contributed by atoms with van der Waals surface area (Å²) in [4.78, 5) is 10.3. The van der Waals surface area contributed by atoms with Gasteiger partial charge in [0.15, 0.2) is 11.5 Å². The van der Waals surface area contributed by atoms with Crippen LogP contribution >= 0.6 is 0 Å². The molecule has 0 spiro atoms. The van der Waals surface area contributed by atoms with E-state index in [0.29, 0.717) is 17.9 Å². The Morgan fingerprint density at radius 1 is 1.50 bits per heavy atom. The number of nitrogens with zero attached hydrogens (tertiary/aromatic N) is 1. The number of nitrogens with two attached hydrogens (primary N) is 1. The van der Waals surface area contributed by atoms with Gasteiger partial charge in [0, 0.05) is 17.7 Å². The van der Waals surface area contributed by atoms with Crippen LogP contribution in [0.1, 0.15) is 31.9 Å². The van der Waals surface area contributed by atoms with Crippen molar-refractivity contribution in [3.8, 4) is 11.5 Å². The molecule has 0 bridgehead atoms. The molecule has 1 aromatic rings. The normalized spacial score (nSPS) is 12.5. The van der Waals surface area contributed by atoms with Gasteiger partial charge in [-0.3, -0.25) is 10.1 Å². The number of nitro groups is 1. The minimum atomic E-state index is -0.534. The molecule has 0 fully saturated rings. The summed E-state index contributed by atoms with van der Waals surface area (Å²) in [6.07, 6.45) is 0.623. The van der Waals surface area contributed by atoms with Crippen LogP contribution in [-0.4, -0.2) is 17.1 Å². The number of aromatic hydroxyl groups is 1. The van der Waals surface area contributed by atoms with Crippen LogP contribution in [0.3, 0.4) is 0 Å². The molecule has 0 saturated carbocycles. The molecule has 0 aliphatic rings. The maximum absolute atomic E-state index is 10.8. The molecule has 6 heteroatoms. The van der Waals surface area contributed by atoms with Gasteiger partial charge in [0.1, 0.15) is 0 Å². The fourth-order valence-corrected chi connectivity index (χ4v) is 1.79. The first-order chi connectivity index (χ1) is 8.36. The first-order valence-electron chi connectivity index (χ1n) is 5.67. The van der Waals surface area contributed by atoms with Crippen LogP contribution in [0.4, 0.5) is 5.69 Å². The van der Waals surface area contributed by atoms with Gasteiger partial charge in [-0.2, -0.15) is 0 Å². The largest absolute Gasteiger partial charge is 0.504 e. The second-order valence-corrected chi connectivity index (χ2v) is 4.58. The molecule has 0 amide bonds. The molecule has 3 N–H and O–H groups in total. The van der Waals surface area contributed by atoms with Crippen LogP contribution in [-0.2, 0) is 0 Å². The summed E-state index contributed by atoms with van der Waals surface area (Å²) in [5, 5.41) is 20.8. The van der Waals surface area contributed by atoms with Crippen molar-refractivity contribution in [2.24, 2.45) is 11.7 Å². The summed E-state index contributed by atoms with van der Waals surface area (Å²) in [5.41, 5.74) is 6.15. The number of benzene rings is 1. The van der Waals surface area contributed by atoms with E-state index in [1.54, 1.807) is 0 Å². The lowest BCUT2D eigenvalue weighted by Gasteiger charge is -2.17. The van der Waals surface area contributed by atoms with Crippen LogP contribution < -0.4 is 10.5 Å². The van der Waals surface area contributed by atoms with E-state index in [4.69, 9.17) is 10.5 Å². The zero-order valence-electron chi connectivity index (χ0n) is 10.7. The lowest BCUT2D eigenvalue weighted by Crippen LogP contribution is -2.13. The Hall–Kier alpha value is -1.82. The van der Waals surface area contributed by atoms with Gasteiger partial charge in [-0.1, -0.05) is 13.8 Å². The Morgan fingerprint density at radius 3 is 2.56 bits per heavy atom. The highest BCUT2D eigenvalue weighted by Gasteiger charge is 2.21. The second-order valence-electron chi connectivity index (χ2n) is 4.58. The second kappa shape index (κ2) is 5.68. The van der Waals surface area contributed by atoms with Crippen LogP contribution in [0.5, 0.6) is 11.5 Å². The predicted molar refractivity (Wildman–Crippen MR) is 67.7 cm³/mol. The summed E-state index contributed by atoms with van der Waals surface area (Å²) < 4.78 is 4.92. The van der Waals surface area contributed by atoms with E-state index < -0.39 is 11.0 Å². The van der Waals surface area contributed by atoms with Gasteiger partial charge in [0.25, 0.3) is 5.69 Å². The molecule has 0 aliphatic carbocycles. The fraction of sp³-hybridized carbons (Fsp3) is 0.500. The van der Waals surface area contributed by atoms with E-state index in [0.717, 1.165) is 0 Å². The molecule has 18 heavy (non-hydrogen) atoms. The Balaban J connectivity index is 3.24. The quantitative estimate of drug-likeness (QED) is 0.620. The lowest BCUT2D eigenvalue weighted by atomic mass is 9.96. The summed E-state index contributed by atoms with van der Waals surface area (Å²) >= 11 is 0. The van der Waals surface area contributed by atoms with E-state index in [2.05, 4.69) is 0 Å². The van der Waals surface area contributed by atoms with E-state index >= 15 is 0 Å². The van der Waals surface area contributed by atoms with Crippen LogP contribution in [0.25, 0.3) is 0 Å². The van der Waals surface area contributed by atoms with Crippen molar-refractivity contribution in [1.29, 1.82) is 0 Å². The molecule has 6 nitrogen and oxygen atoms in total. The number of phenolic OH excluding ortho intramolecular Hbond substituents is 1. The average Bonchev–Trinajstić information content (AvgIpc) is 2.27. The molecule has 100 valence electrons. The summed E-state index contributed by atoms with van der Waals surface area (Å²) in [5.74, 6) is 0.263. The topological polar surface area (TPSA) is 98.6 Å². The van der Waals surface area contributed by atoms with Crippen molar-refractivity contribution in [3.63, 3.8) is 0 Å². The van der Waals surface area contributed by atoms with E-state index in [1.165, 1.54) is 19.2 Å².